The zero-order chi connectivity index (χ0) is 30.5. The van der Waals surface area contributed by atoms with Gasteiger partial charge in [0.2, 0.25) is 12.3 Å². The van der Waals surface area contributed by atoms with E-state index in [-0.39, 0.29) is 52.7 Å². The van der Waals surface area contributed by atoms with Crippen LogP contribution in [-0.2, 0) is 4.79 Å². The van der Waals surface area contributed by atoms with E-state index in [0.29, 0.717) is 24.5 Å². The minimum atomic E-state index is -1.39. The Balaban J connectivity index is 1.68. The molecule has 0 radical (unpaired) electrons. The van der Waals surface area contributed by atoms with Gasteiger partial charge in [-0.3, -0.25) is 9.79 Å². The fraction of sp³-hybridized carbons (Fsp3) is 0.419. The van der Waals surface area contributed by atoms with Crippen LogP contribution in [-0.4, -0.2) is 81.5 Å². The average Bonchev–Trinajstić information content (AvgIpc) is 2.92. The summed E-state index contributed by atoms with van der Waals surface area (Å²) in [7, 11) is 0. The smallest absolute Gasteiger partial charge is 0.246 e. The minimum absolute atomic E-state index is 0.0437. The number of dihydropyridines is 1. The van der Waals surface area contributed by atoms with Gasteiger partial charge >= 0.3 is 0 Å². The number of hydrogen-bond donors (Lipinski definition) is 2. The van der Waals surface area contributed by atoms with Crippen LogP contribution in [0, 0.1) is 17.6 Å². The lowest BCUT2D eigenvalue weighted by molar-refractivity contribution is -0.132. The molecule has 4 heterocycles. The summed E-state index contributed by atoms with van der Waals surface area (Å²) in [6.45, 7) is 14.2. The van der Waals surface area contributed by atoms with Crippen LogP contribution in [0.4, 0.5) is 20.3 Å². The van der Waals surface area contributed by atoms with Crippen molar-refractivity contribution in [2.75, 3.05) is 23.7 Å². The van der Waals surface area contributed by atoms with Gasteiger partial charge in [-0.1, -0.05) is 26.5 Å². The number of amides is 1. The number of allylic oxidation sites excluding steroid dienone is 1. The third kappa shape index (κ3) is 4.95. The van der Waals surface area contributed by atoms with Gasteiger partial charge in [0.1, 0.15) is 23.2 Å². The van der Waals surface area contributed by atoms with E-state index < -0.39 is 24.0 Å². The Hall–Kier alpha value is -4.12. The van der Waals surface area contributed by atoms with E-state index in [9.17, 15) is 9.90 Å². The summed E-state index contributed by atoms with van der Waals surface area (Å²) in [5.41, 5.74) is 7.01. The zero-order valence-electron chi connectivity index (χ0n) is 24.5. The lowest BCUT2D eigenvalue weighted by atomic mass is 9.88. The van der Waals surface area contributed by atoms with E-state index in [1.165, 1.54) is 30.3 Å². The van der Waals surface area contributed by atoms with Crippen molar-refractivity contribution < 1.29 is 18.7 Å². The molecule has 5 rings (SSSR count). The molecule has 0 saturated carbocycles. The van der Waals surface area contributed by atoms with E-state index in [4.69, 9.17) is 10.7 Å². The number of nitrogen functional groups attached to an aromatic ring is 1. The standard InChI is InChI=1S/C31H37F2N7O2/c1-7-24(41)39-18(5)14-38(15-19(39)6)29-20-13-22(33)27(25-21(32)9-8-10-23(25)34)36-30(20)40(31(42)37-29)28-17(4)11-12-35-26(28)16(2)3/h7-13,16,18-19,26,28,31,42H,1,14-15,34H2,2-6H3/t18-,19+,26-,28-,31?/m0/s1. The summed E-state index contributed by atoms with van der Waals surface area (Å²) in [5.74, 6) is -0.967. The first-order chi connectivity index (χ1) is 19.9. The molecule has 1 fully saturated rings. The Labute approximate surface area is 244 Å². The Kier molecular flexibility index (Phi) is 7.89. The maximum atomic E-state index is 15.9. The lowest BCUT2D eigenvalue weighted by Gasteiger charge is -2.48. The molecule has 3 aliphatic heterocycles. The second kappa shape index (κ2) is 11.3. The van der Waals surface area contributed by atoms with E-state index in [1.807, 2.05) is 45.6 Å². The predicted molar refractivity (Wildman–Crippen MR) is 161 cm³/mol. The first kappa shape index (κ1) is 29.4. The Bertz CT molecular complexity index is 1470. The number of aromatic nitrogens is 1. The molecule has 0 aliphatic carbocycles. The third-order valence-electron chi connectivity index (χ3n) is 8.23. The average molecular weight is 578 g/mol. The zero-order valence-corrected chi connectivity index (χ0v) is 24.5. The largest absolute Gasteiger partial charge is 0.398 e. The van der Waals surface area contributed by atoms with Gasteiger partial charge < -0.3 is 25.5 Å². The van der Waals surface area contributed by atoms with Gasteiger partial charge in [-0.2, -0.15) is 0 Å². The lowest BCUT2D eigenvalue weighted by Crippen LogP contribution is -2.61. The number of carbonyl (C=O) groups is 1. The van der Waals surface area contributed by atoms with Crippen LogP contribution < -0.4 is 10.6 Å². The number of nitrogens with zero attached hydrogens (tertiary/aromatic N) is 6. The molecule has 1 aromatic carbocycles. The van der Waals surface area contributed by atoms with Gasteiger partial charge in [-0.15, -0.1) is 0 Å². The van der Waals surface area contributed by atoms with Crippen LogP contribution in [0.15, 0.2) is 58.6 Å². The molecule has 5 atom stereocenters. The van der Waals surface area contributed by atoms with Gasteiger partial charge in [0, 0.05) is 37.1 Å². The van der Waals surface area contributed by atoms with Crippen molar-refractivity contribution in [2.45, 2.75) is 65.1 Å². The first-order valence-electron chi connectivity index (χ1n) is 14.1. The fourth-order valence-corrected chi connectivity index (χ4v) is 6.35. The molecule has 1 saturated heterocycles. The van der Waals surface area contributed by atoms with Crippen molar-refractivity contribution in [3.8, 4) is 11.3 Å². The van der Waals surface area contributed by atoms with Gasteiger partial charge in [0.25, 0.3) is 0 Å². The number of aliphatic imine (C=N–C) groups is 2. The van der Waals surface area contributed by atoms with Crippen LogP contribution in [0.5, 0.6) is 0 Å². The van der Waals surface area contributed by atoms with E-state index >= 15 is 8.78 Å². The Morgan fingerprint density at radius 3 is 2.50 bits per heavy atom. The van der Waals surface area contributed by atoms with E-state index in [0.717, 1.165) is 5.57 Å². The molecule has 0 spiro atoms. The summed E-state index contributed by atoms with van der Waals surface area (Å²) in [4.78, 5) is 31.9. The minimum Gasteiger partial charge on any atom is -0.398 e. The number of pyridine rings is 1. The molecule has 9 nitrogen and oxygen atoms in total. The Morgan fingerprint density at radius 2 is 1.88 bits per heavy atom. The van der Waals surface area contributed by atoms with Crippen LogP contribution in [0.1, 0.15) is 40.2 Å². The molecule has 2 aromatic rings. The topological polar surface area (TPSA) is 111 Å². The second-order valence-electron chi connectivity index (χ2n) is 11.5. The second-order valence-corrected chi connectivity index (χ2v) is 11.5. The number of aliphatic hydroxyl groups is 1. The number of fused-ring (bicyclic) bond motifs is 1. The summed E-state index contributed by atoms with van der Waals surface area (Å²) >= 11 is 0. The molecule has 42 heavy (non-hydrogen) atoms. The number of anilines is 2. The highest BCUT2D eigenvalue weighted by molar-refractivity contribution is 6.05. The van der Waals surface area contributed by atoms with E-state index in [1.54, 1.807) is 16.0 Å². The van der Waals surface area contributed by atoms with Gasteiger partial charge in [0.15, 0.2) is 5.82 Å². The van der Waals surface area contributed by atoms with Crippen molar-refractivity contribution >= 4 is 29.5 Å². The molecule has 1 aromatic heterocycles. The number of hydrogen-bond acceptors (Lipinski definition) is 8. The SMILES string of the molecule is C=CC(=O)N1[C@H](C)CN(C2=NC(O)N([C@H]3C(C)=CC=N[C@H]3C(C)C)c3nc(-c4c(N)cccc4F)c(F)cc32)C[C@@H]1C. The monoisotopic (exact) mass is 577 g/mol. The molecule has 3 aliphatic rings. The van der Waals surface area contributed by atoms with Gasteiger partial charge in [-0.05, 0) is 62.6 Å². The summed E-state index contributed by atoms with van der Waals surface area (Å²) in [5, 5.41) is 11.7. The van der Waals surface area contributed by atoms with Crippen molar-refractivity contribution in [1.82, 2.24) is 14.8 Å². The maximum absolute atomic E-state index is 15.9. The molecular formula is C31H37F2N7O2. The third-order valence-corrected chi connectivity index (χ3v) is 8.23. The summed E-state index contributed by atoms with van der Waals surface area (Å²) in [6, 6.07) is 4.31. The highest BCUT2D eigenvalue weighted by atomic mass is 19.1. The molecule has 3 N–H and O–H groups in total. The van der Waals surface area contributed by atoms with Crippen molar-refractivity contribution in [3.05, 3.63) is 65.8 Å². The van der Waals surface area contributed by atoms with Crippen molar-refractivity contribution in [2.24, 2.45) is 15.9 Å². The number of aliphatic hydroxyl groups excluding tert-OH is 1. The number of nitrogens with two attached hydrogens (primary N) is 1. The molecule has 222 valence electrons. The summed E-state index contributed by atoms with van der Waals surface area (Å²) in [6.07, 6.45) is 3.52. The molecule has 1 unspecified atom stereocenters. The first-order valence-corrected chi connectivity index (χ1v) is 14.1. The quantitative estimate of drug-likeness (QED) is 0.420. The molecule has 0 bridgehead atoms. The number of amidine groups is 1. The highest BCUT2D eigenvalue weighted by Crippen LogP contribution is 2.39. The van der Waals surface area contributed by atoms with E-state index in [2.05, 4.69) is 16.6 Å². The van der Waals surface area contributed by atoms with Crippen LogP contribution in [0.2, 0.25) is 0 Å². The predicted octanol–water partition coefficient (Wildman–Crippen LogP) is 3.98. The Morgan fingerprint density at radius 1 is 1.19 bits per heavy atom. The molecule has 1 amide bonds. The van der Waals surface area contributed by atoms with Crippen molar-refractivity contribution in [1.29, 1.82) is 0 Å². The van der Waals surface area contributed by atoms with Crippen LogP contribution in [0.3, 0.4) is 0 Å². The fourth-order valence-electron chi connectivity index (χ4n) is 6.35. The number of piperazine rings is 1. The number of carbonyl (C=O) groups excluding carboxylic acids is 1. The van der Waals surface area contributed by atoms with Crippen LogP contribution >= 0.6 is 0 Å². The number of halogens is 2. The van der Waals surface area contributed by atoms with Gasteiger partial charge in [-0.25, -0.2) is 18.8 Å². The maximum Gasteiger partial charge on any atom is 0.246 e. The molecular weight excluding hydrogens is 540 g/mol. The molecule has 11 heteroatoms. The van der Waals surface area contributed by atoms with Crippen LogP contribution in [0.25, 0.3) is 11.3 Å². The van der Waals surface area contributed by atoms with Crippen molar-refractivity contribution in [3.63, 3.8) is 0 Å². The normalized spacial score (nSPS) is 25.7. The van der Waals surface area contributed by atoms with Gasteiger partial charge in [0.05, 0.1) is 23.2 Å². The number of rotatable bonds is 4. The number of benzene rings is 1. The summed E-state index contributed by atoms with van der Waals surface area (Å²) < 4.78 is 31.0. The highest BCUT2D eigenvalue weighted by Gasteiger charge is 2.43.